The third-order valence-corrected chi connectivity index (χ3v) is 6.58. The zero-order chi connectivity index (χ0) is 26.0. The predicted octanol–water partition coefficient (Wildman–Crippen LogP) is 3.02. The monoisotopic (exact) mass is 508 g/mol. The number of carbonyl (C=O) groups is 2. The Balaban J connectivity index is 1.56. The van der Waals surface area contributed by atoms with E-state index in [9.17, 15) is 24.4 Å². The molecule has 2 heterocycles. The van der Waals surface area contributed by atoms with Crippen LogP contribution in [0.2, 0.25) is 0 Å². The Morgan fingerprint density at radius 3 is 2.67 bits per heavy atom. The SMILES string of the molecule is CC(=O)c1ccc2c(c1)CN(C(=O)c1ccc(Nc3s[nH]c(=O)c3C(N)=NC(C)CO)cc1N=O)C2. The summed E-state index contributed by atoms with van der Waals surface area (Å²) in [5.74, 6) is -0.452. The minimum absolute atomic E-state index is 0.0383. The summed E-state index contributed by atoms with van der Waals surface area (Å²) in [7, 11) is 0. The lowest BCUT2D eigenvalue weighted by atomic mass is 10.0. The van der Waals surface area contributed by atoms with Crippen LogP contribution in [0.25, 0.3) is 0 Å². The molecule has 3 aromatic rings. The number of rotatable bonds is 8. The predicted molar refractivity (Wildman–Crippen MR) is 137 cm³/mol. The first-order valence-corrected chi connectivity index (χ1v) is 11.9. The Morgan fingerprint density at radius 1 is 1.22 bits per heavy atom. The highest BCUT2D eigenvalue weighted by Crippen LogP contribution is 2.32. The van der Waals surface area contributed by atoms with E-state index in [0.29, 0.717) is 29.3 Å². The molecule has 0 aliphatic carbocycles. The number of nitrogens with two attached hydrogens (primary N) is 1. The van der Waals surface area contributed by atoms with Gasteiger partial charge in [0.05, 0.1) is 18.2 Å². The lowest BCUT2D eigenvalue weighted by Gasteiger charge is -2.17. The van der Waals surface area contributed by atoms with Crippen molar-refractivity contribution in [2.75, 3.05) is 11.9 Å². The molecule has 4 rings (SSSR count). The summed E-state index contributed by atoms with van der Waals surface area (Å²) in [6.45, 7) is 3.59. The average molecular weight is 509 g/mol. The van der Waals surface area contributed by atoms with Gasteiger partial charge >= 0.3 is 0 Å². The van der Waals surface area contributed by atoms with Crippen molar-refractivity contribution in [1.29, 1.82) is 0 Å². The Morgan fingerprint density at radius 2 is 1.97 bits per heavy atom. The van der Waals surface area contributed by atoms with E-state index in [1.807, 2.05) is 6.07 Å². The van der Waals surface area contributed by atoms with Crippen molar-refractivity contribution in [3.63, 3.8) is 0 Å². The quantitative estimate of drug-likeness (QED) is 0.157. The number of carbonyl (C=O) groups excluding carboxylic acids is 2. The van der Waals surface area contributed by atoms with Gasteiger partial charge in [-0.25, -0.2) is 0 Å². The molecule has 0 fully saturated rings. The van der Waals surface area contributed by atoms with Gasteiger partial charge in [-0.3, -0.25) is 23.7 Å². The van der Waals surface area contributed by atoms with Crippen LogP contribution in [0.5, 0.6) is 0 Å². The van der Waals surface area contributed by atoms with Gasteiger partial charge in [-0.05, 0) is 65.9 Å². The van der Waals surface area contributed by atoms with E-state index >= 15 is 0 Å². The number of amides is 1. The van der Waals surface area contributed by atoms with E-state index in [1.165, 1.54) is 19.1 Å². The van der Waals surface area contributed by atoms with E-state index < -0.39 is 11.6 Å². The van der Waals surface area contributed by atoms with Crippen LogP contribution in [0.3, 0.4) is 0 Å². The number of aliphatic hydroxyl groups excluding tert-OH is 1. The Labute approximate surface area is 209 Å². The highest BCUT2D eigenvalue weighted by atomic mass is 32.1. The number of ketones is 1. The number of anilines is 2. The van der Waals surface area contributed by atoms with Crippen LogP contribution in [-0.2, 0) is 13.1 Å². The molecule has 12 heteroatoms. The van der Waals surface area contributed by atoms with Crippen LogP contribution in [0, 0.1) is 4.91 Å². The number of nitrogens with zero attached hydrogens (tertiary/aromatic N) is 3. The number of aromatic amines is 1. The van der Waals surface area contributed by atoms with Gasteiger partial charge < -0.3 is 21.1 Å². The van der Waals surface area contributed by atoms with Crippen molar-refractivity contribution in [3.05, 3.63) is 79.5 Å². The van der Waals surface area contributed by atoms with Crippen molar-refractivity contribution < 1.29 is 14.7 Å². The molecule has 36 heavy (non-hydrogen) atoms. The fraction of sp³-hybridized carbons (Fsp3) is 0.250. The van der Waals surface area contributed by atoms with E-state index in [0.717, 1.165) is 22.7 Å². The van der Waals surface area contributed by atoms with E-state index in [1.54, 1.807) is 30.0 Å². The summed E-state index contributed by atoms with van der Waals surface area (Å²) in [6, 6.07) is 9.37. The molecule has 0 bridgehead atoms. The van der Waals surface area contributed by atoms with Gasteiger partial charge in [0.1, 0.15) is 22.1 Å². The van der Waals surface area contributed by atoms with E-state index in [-0.39, 0.29) is 40.9 Å². The zero-order valence-corrected chi connectivity index (χ0v) is 20.4. The highest BCUT2D eigenvalue weighted by Gasteiger charge is 2.27. The van der Waals surface area contributed by atoms with Crippen LogP contribution >= 0.6 is 11.5 Å². The number of fused-ring (bicyclic) bond motifs is 1. The summed E-state index contributed by atoms with van der Waals surface area (Å²) >= 11 is 0.995. The molecule has 1 aliphatic heterocycles. The van der Waals surface area contributed by atoms with Crippen molar-refractivity contribution in [2.24, 2.45) is 15.9 Å². The van der Waals surface area contributed by atoms with Gasteiger partial charge in [0.25, 0.3) is 11.5 Å². The van der Waals surface area contributed by atoms with Gasteiger partial charge in [0, 0.05) is 24.3 Å². The average Bonchev–Trinajstić information content (AvgIpc) is 3.45. The lowest BCUT2D eigenvalue weighted by molar-refractivity contribution is 0.0752. The first kappa shape index (κ1) is 24.9. The molecule has 1 aliphatic rings. The first-order valence-electron chi connectivity index (χ1n) is 11.0. The molecule has 5 N–H and O–H groups in total. The van der Waals surface area contributed by atoms with Crippen molar-refractivity contribution in [2.45, 2.75) is 33.0 Å². The maximum atomic E-state index is 13.2. The summed E-state index contributed by atoms with van der Waals surface area (Å²) in [5, 5.41) is 15.6. The summed E-state index contributed by atoms with van der Waals surface area (Å²) < 4.78 is 2.58. The number of aliphatic imine (C=N–C) groups is 1. The molecule has 0 spiro atoms. The highest BCUT2D eigenvalue weighted by molar-refractivity contribution is 7.10. The van der Waals surface area contributed by atoms with Gasteiger partial charge in [-0.2, -0.15) is 0 Å². The molecule has 0 saturated carbocycles. The van der Waals surface area contributed by atoms with Crippen molar-refractivity contribution >= 4 is 45.4 Å². The number of amidine groups is 1. The number of aromatic nitrogens is 1. The molecule has 186 valence electrons. The smallest absolute Gasteiger partial charge is 0.271 e. The first-order chi connectivity index (χ1) is 17.2. The van der Waals surface area contributed by atoms with Crippen molar-refractivity contribution in [1.82, 2.24) is 9.27 Å². The van der Waals surface area contributed by atoms with Crippen LogP contribution in [-0.4, -0.2) is 44.6 Å². The molecule has 0 saturated heterocycles. The maximum absolute atomic E-state index is 13.2. The Bertz CT molecular complexity index is 1440. The summed E-state index contributed by atoms with van der Waals surface area (Å²) in [6.07, 6.45) is 0. The number of H-pyrrole nitrogens is 1. The van der Waals surface area contributed by atoms with Crippen LogP contribution < -0.4 is 16.6 Å². The second-order valence-corrected chi connectivity index (χ2v) is 9.25. The lowest BCUT2D eigenvalue weighted by Crippen LogP contribution is -2.25. The number of nitrogens with one attached hydrogen (secondary N) is 2. The Hall–Kier alpha value is -4.16. The number of aliphatic hydroxyl groups is 1. The second kappa shape index (κ2) is 10.2. The van der Waals surface area contributed by atoms with Crippen LogP contribution in [0.4, 0.5) is 16.4 Å². The topological polar surface area (TPSA) is 170 Å². The largest absolute Gasteiger partial charge is 0.394 e. The minimum atomic E-state index is -0.487. The molecule has 1 amide bonds. The van der Waals surface area contributed by atoms with Crippen LogP contribution in [0.1, 0.15) is 51.3 Å². The number of Topliss-reactive ketones (excluding diaryl/α,β-unsaturated/α-hetero) is 1. The number of nitroso groups, excluding NO2 is 1. The molecule has 2 aromatic carbocycles. The number of benzene rings is 2. The molecule has 1 aromatic heterocycles. The number of hydrogen-bond acceptors (Lipinski definition) is 9. The molecule has 11 nitrogen and oxygen atoms in total. The second-order valence-electron chi connectivity index (χ2n) is 8.43. The van der Waals surface area contributed by atoms with Gasteiger partial charge in [-0.1, -0.05) is 12.1 Å². The summed E-state index contributed by atoms with van der Waals surface area (Å²) in [4.78, 5) is 54.4. The minimum Gasteiger partial charge on any atom is -0.394 e. The Kier molecular flexibility index (Phi) is 7.08. The number of hydrogen-bond donors (Lipinski definition) is 4. The third kappa shape index (κ3) is 4.95. The standard InChI is InChI=1S/C24H24N6O5S/c1-12(11-31)26-21(25)20-22(33)29-36-23(20)27-17-5-6-18(19(8-17)28-35)24(34)30-9-15-4-3-14(13(2)32)7-16(15)10-30/h3-8,12,27,31H,9-11H2,1-2H3,(H2,25,26)(H,29,33). The zero-order valence-electron chi connectivity index (χ0n) is 19.6. The van der Waals surface area contributed by atoms with Crippen LogP contribution in [0.15, 0.2) is 51.4 Å². The summed E-state index contributed by atoms with van der Waals surface area (Å²) in [5.41, 5.74) is 8.53. The van der Waals surface area contributed by atoms with Crippen molar-refractivity contribution in [3.8, 4) is 0 Å². The maximum Gasteiger partial charge on any atom is 0.271 e. The fourth-order valence-corrected chi connectivity index (χ4v) is 4.66. The molecular weight excluding hydrogens is 484 g/mol. The van der Waals surface area contributed by atoms with Gasteiger partial charge in [0.15, 0.2) is 5.78 Å². The van der Waals surface area contributed by atoms with Gasteiger partial charge in [0.2, 0.25) is 0 Å². The van der Waals surface area contributed by atoms with E-state index in [2.05, 4.69) is 19.9 Å². The molecular formula is C24H24N6O5S. The fourth-order valence-electron chi connectivity index (χ4n) is 3.89. The van der Waals surface area contributed by atoms with Gasteiger partial charge in [-0.15, -0.1) is 4.91 Å². The molecule has 0 radical (unpaired) electrons. The molecule has 1 atom stereocenters. The normalized spacial score (nSPS) is 13.9. The third-order valence-electron chi connectivity index (χ3n) is 5.79. The molecule has 1 unspecified atom stereocenters. The van der Waals surface area contributed by atoms with E-state index in [4.69, 9.17) is 5.73 Å².